The molecule has 1 aromatic heterocycles. The second-order valence-electron chi connectivity index (χ2n) is 6.52. The number of aryl methyl sites for hydroxylation is 1. The van der Waals surface area contributed by atoms with Gasteiger partial charge in [-0.05, 0) is 50.2 Å². The Morgan fingerprint density at radius 3 is 2.50 bits per heavy atom. The van der Waals surface area contributed by atoms with Crippen molar-refractivity contribution in [3.63, 3.8) is 0 Å². The number of nitrogens with zero attached hydrogens (tertiary/aromatic N) is 2. The normalized spacial score (nSPS) is 11.0. The van der Waals surface area contributed by atoms with Crippen molar-refractivity contribution in [1.29, 1.82) is 0 Å². The lowest BCUT2D eigenvalue weighted by atomic mass is 10.2. The minimum atomic E-state index is -0.389. The molecule has 3 aromatic rings. The van der Waals surface area contributed by atoms with Crippen LogP contribution in [0.2, 0.25) is 10.0 Å². The highest BCUT2D eigenvalue weighted by Crippen LogP contribution is 2.28. The molecule has 0 radical (unpaired) electrons. The van der Waals surface area contributed by atoms with Crippen molar-refractivity contribution in [2.45, 2.75) is 13.8 Å². The molecule has 0 saturated carbocycles. The van der Waals surface area contributed by atoms with Gasteiger partial charge < -0.3 is 14.0 Å². The van der Waals surface area contributed by atoms with Crippen molar-refractivity contribution in [3.8, 4) is 17.2 Å². The third-order valence-electron chi connectivity index (χ3n) is 4.64. The molecule has 3 rings (SSSR count). The van der Waals surface area contributed by atoms with E-state index in [4.69, 9.17) is 32.7 Å². The predicted octanol–water partition coefficient (Wildman–Crippen LogP) is 5.18. The first-order valence-corrected chi connectivity index (χ1v) is 9.81. The molecule has 0 saturated heterocycles. The molecule has 0 fully saturated rings. The number of aromatic nitrogens is 1. The van der Waals surface area contributed by atoms with Gasteiger partial charge in [-0.15, -0.1) is 0 Å². The smallest absolute Gasteiger partial charge is 0.275 e. The topological polar surface area (TPSA) is 64.8 Å². The van der Waals surface area contributed by atoms with E-state index in [-0.39, 0.29) is 5.91 Å². The summed E-state index contributed by atoms with van der Waals surface area (Å²) in [7, 11) is 3.04. The number of halogens is 2. The van der Waals surface area contributed by atoms with Crippen LogP contribution in [0.15, 0.2) is 47.6 Å². The molecule has 0 aliphatic carbocycles. The minimum absolute atomic E-state index is 0.355. The van der Waals surface area contributed by atoms with E-state index in [1.54, 1.807) is 43.7 Å². The van der Waals surface area contributed by atoms with Crippen LogP contribution in [-0.4, -0.2) is 30.9 Å². The third kappa shape index (κ3) is 4.45. The van der Waals surface area contributed by atoms with Gasteiger partial charge in [-0.1, -0.05) is 23.2 Å². The van der Waals surface area contributed by atoms with Gasteiger partial charge in [-0.2, -0.15) is 5.10 Å². The molecule has 1 amide bonds. The van der Waals surface area contributed by atoms with Gasteiger partial charge in [-0.3, -0.25) is 4.79 Å². The fourth-order valence-electron chi connectivity index (χ4n) is 3.16. The average Bonchev–Trinajstić information content (AvgIpc) is 3.00. The highest BCUT2D eigenvalue weighted by Gasteiger charge is 2.14. The molecule has 0 aliphatic rings. The van der Waals surface area contributed by atoms with Gasteiger partial charge in [-0.25, -0.2) is 5.43 Å². The Morgan fingerprint density at radius 2 is 1.83 bits per heavy atom. The third-order valence-corrected chi connectivity index (χ3v) is 5.18. The lowest BCUT2D eigenvalue weighted by Crippen LogP contribution is -2.18. The number of carbonyl (C=O) groups excluding carboxylic acids is 1. The van der Waals surface area contributed by atoms with E-state index >= 15 is 0 Å². The first-order valence-electron chi connectivity index (χ1n) is 9.05. The van der Waals surface area contributed by atoms with Gasteiger partial charge in [0.2, 0.25) is 0 Å². The maximum Gasteiger partial charge on any atom is 0.275 e. The van der Waals surface area contributed by atoms with Crippen molar-refractivity contribution in [2.24, 2.45) is 5.10 Å². The van der Waals surface area contributed by atoms with E-state index in [0.717, 1.165) is 22.6 Å². The fourth-order valence-corrected chi connectivity index (χ4v) is 3.65. The number of hydrogen-bond acceptors (Lipinski definition) is 4. The maximum absolute atomic E-state index is 12.5. The van der Waals surface area contributed by atoms with Crippen LogP contribution in [0, 0.1) is 13.8 Å². The van der Waals surface area contributed by atoms with Crippen LogP contribution >= 0.6 is 23.2 Å². The van der Waals surface area contributed by atoms with Gasteiger partial charge in [0.15, 0.2) is 0 Å². The second kappa shape index (κ2) is 9.24. The predicted molar refractivity (Wildman–Crippen MR) is 120 cm³/mol. The van der Waals surface area contributed by atoms with Crippen molar-refractivity contribution < 1.29 is 14.3 Å². The van der Waals surface area contributed by atoms with Gasteiger partial charge in [0, 0.05) is 28.0 Å². The molecule has 0 spiro atoms. The quantitative estimate of drug-likeness (QED) is 0.419. The average molecular weight is 446 g/mol. The molecule has 1 N–H and O–H groups in total. The van der Waals surface area contributed by atoms with E-state index in [2.05, 4.69) is 10.5 Å². The standard InChI is InChI=1S/C22H21Cl2N3O3/c1-13-9-15(14(2)27(13)20-8-5-16(23)10-19(20)24)12-25-26-22(28)18-7-6-17(29-3)11-21(18)30-4/h5-12H,1-4H3,(H,26,28). The number of nitrogens with one attached hydrogen (secondary N) is 1. The Morgan fingerprint density at radius 1 is 1.07 bits per heavy atom. The van der Waals surface area contributed by atoms with Crippen LogP contribution in [0.25, 0.3) is 5.69 Å². The van der Waals surface area contributed by atoms with E-state index in [1.165, 1.54) is 7.11 Å². The molecule has 8 heteroatoms. The first kappa shape index (κ1) is 21.7. The van der Waals surface area contributed by atoms with E-state index < -0.39 is 0 Å². The number of methoxy groups -OCH3 is 2. The van der Waals surface area contributed by atoms with Crippen LogP contribution in [0.4, 0.5) is 0 Å². The number of carbonyl (C=O) groups is 1. The van der Waals surface area contributed by atoms with Crippen LogP contribution in [-0.2, 0) is 0 Å². The minimum Gasteiger partial charge on any atom is -0.497 e. The lowest BCUT2D eigenvalue weighted by Gasteiger charge is -2.11. The summed E-state index contributed by atoms with van der Waals surface area (Å²) in [5, 5.41) is 5.23. The molecule has 1 heterocycles. The number of hydrazone groups is 1. The van der Waals surface area contributed by atoms with Gasteiger partial charge in [0.1, 0.15) is 11.5 Å². The van der Waals surface area contributed by atoms with Crippen molar-refractivity contribution in [3.05, 3.63) is 75.0 Å². The second-order valence-corrected chi connectivity index (χ2v) is 7.37. The van der Waals surface area contributed by atoms with Gasteiger partial charge in [0.25, 0.3) is 5.91 Å². The van der Waals surface area contributed by atoms with Crippen molar-refractivity contribution in [1.82, 2.24) is 9.99 Å². The number of hydrogen-bond donors (Lipinski definition) is 1. The highest BCUT2D eigenvalue weighted by molar-refractivity contribution is 6.35. The molecular formula is C22H21Cl2N3O3. The maximum atomic E-state index is 12.5. The summed E-state index contributed by atoms with van der Waals surface area (Å²) in [6.45, 7) is 3.92. The summed E-state index contributed by atoms with van der Waals surface area (Å²) < 4.78 is 12.4. The summed E-state index contributed by atoms with van der Waals surface area (Å²) >= 11 is 12.4. The fraction of sp³-hybridized carbons (Fsp3) is 0.182. The number of benzene rings is 2. The SMILES string of the molecule is COc1ccc(C(=O)NN=Cc2cc(C)n(-c3ccc(Cl)cc3Cl)c2C)c(OC)c1. The van der Waals surface area contributed by atoms with E-state index in [0.29, 0.717) is 27.1 Å². The van der Waals surface area contributed by atoms with Crippen LogP contribution in [0.3, 0.4) is 0 Å². The number of amides is 1. The van der Waals surface area contributed by atoms with Crippen LogP contribution in [0.1, 0.15) is 27.3 Å². The largest absolute Gasteiger partial charge is 0.497 e. The molecule has 30 heavy (non-hydrogen) atoms. The highest BCUT2D eigenvalue weighted by atomic mass is 35.5. The zero-order valence-electron chi connectivity index (χ0n) is 17.0. The zero-order valence-corrected chi connectivity index (χ0v) is 18.5. The van der Waals surface area contributed by atoms with Gasteiger partial charge in [0.05, 0.1) is 36.7 Å². The molecule has 0 aliphatic heterocycles. The zero-order chi connectivity index (χ0) is 21.8. The Bertz CT molecular complexity index is 1120. The molecule has 156 valence electrons. The van der Waals surface area contributed by atoms with Crippen molar-refractivity contribution >= 4 is 35.3 Å². The van der Waals surface area contributed by atoms with E-state index in [9.17, 15) is 4.79 Å². The van der Waals surface area contributed by atoms with Crippen molar-refractivity contribution in [2.75, 3.05) is 14.2 Å². The van der Waals surface area contributed by atoms with Gasteiger partial charge >= 0.3 is 0 Å². The number of rotatable bonds is 6. The Hall–Kier alpha value is -2.96. The van der Waals surface area contributed by atoms with E-state index in [1.807, 2.05) is 30.5 Å². The summed E-state index contributed by atoms with van der Waals surface area (Å²) in [4.78, 5) is 12.5. The Kier molecular flexibility index (Phi) is 6.70. The molecule has 0 atom stereocenters. The summed E-state index contributed by atoms with van der Waals surface area (Å²) in [5.74, 6) is 0.609. The summed E-state index contributed by atoms with van der Waals surface area (Å²) in [5.41, 5.74) is 6.46. The molecule has 0 unspecified atom stereocenters. The molecule has 0 bridgehead atoms. The summed E-state index contributed by atoms with van der Waals surface area (Å²) in [6.07, 6.45) is 1.59. The lowest BCUT2D eigenvalue weighted by molar-refractivity contribution is 0.0952. The van der Waals surface area contributed by atoms with Crippen LogP contribution < -0.4 is 14.9 Å². The first-order chi connectivity index (χ1) is 14.3. The van der Waals surface area contributed by atoms with Crippen LogP contribution in [0.5, 0.6) is 11.5 Å². The summed E-state index contributed by atoms with van der Waals surface area (Å²) in [6, 6.07) is 12.3. The Balaban J connectivity index is 1.81. The number of ether oxygens (including phenoxy) is 2. The molecule has 6 nitrogen and oxygen atoms in total. The Labute approximate surface area is 185 Å². The monoisotopic (exact) mass is 445 g/mol. The molecule has 2 aromatic carbocycles. The molecular weight excluding hydrogens is 425 g/mol.